The molecule has 0 rings (SSSR count). The van der Waals surface area contributed by atoms with Gasteiger partial charge in [0.25, 0.3) is 0 Å². The summed E-state index contributed by atoms with van der Waals surface area (Å²) in [6.45, 7) is 1.35. The van der Waals surface area contributed by atoms with Gasteiger partial charge in [0.1, 0.15) is 12.7 Å². The van der Waals surface area contributed by atoms with Crippen LogP contribution >= 0.6 is 7.82 Å². The van der Waals surface area contributed by atoms with Crippen LogP contribution < -0.4 is 0 Å². The number of allylic oxidation sites excluding steroid dienone is 2. The highest BCUT2D eigenvalue weighted by molar-refractivity contribution is 7.46. The van der Waals surface area contributed by atoms with Crippen LogP contribution in [0, 0.1) is 0 Å². The first-order valence-corrected chi connectivity index (χ1v) is 13.6. The van der Waals surface area contributed by atoms with Gasteiger partial charge in [0.15, 0.2) is 0 Å². The number of ether oxygens (including phenoxy) is 1. The fourth-order valence-electron chi connectivity index (χ4n) is 3.19. The molecule has 0 aliphatic carbocycles. The molecule has 0 heterocycles. The molecule has 0 saturated heterocycles. The zero-order valence-corrected chi connectivity index (χ0v) is 20.3. The van der Waals surface area contributed by atoms with Crippen molar-refractivity contribution in [3.8, 4) is 0 Å². The smallest absolute Gasteiger partial charge is 0.463 e. The van der Waals surface area contributed by atoms with Gasteiger partial charge in [0.2, 0.25) is 0 Å². The lowest BCUT2D eigenvalue weighted by molar-refractivity contribution is -0.147. The van der Waals surface area contributed by atoms with E-state index in [4.69, 9.17) is 14.5 Å². The molecule has 0 amide bonds. The van der Waals surface area contributed by atoms with Crippen molar-refractivity contribution >= 4 is 13.8 Å². The number of phosphoric acid groups is 1. The van der Waals surface area contributed by atoms with Crippen LogP contribution in [-0.2, 0) is 18.6 Å². The van der Waals surface area contributed by atoms with Crippen LogP contribution in [0.3, 0.4) is 0 Å². The Morgan fingerprint density at radius 3 is 1.81 bits per heavy atom. The average molecular weight is 465 g/mol. The van der Waals surface area contributed by atoms with Gasteiger partial charge in [-0.2, -0.15) is 0 Å². The molecule has 0 bridgehead atoms. The van der Waals surface area contributed by atoms with E-state index in [1.807, 2.05) is 0 Å². The summed E-state index contributed by atoms with van der Waals surface area (Å²) in [4.78, 5) is 28.6. The third kappa shape index (κ3) is 25.4. The average Bonchev–Trinajstić information content (AvgIpc) is 2.72. The summed E-state index contributed by atoms with van der Waals surface area (Å²) in [6, 6.07) is 0. The van der Waals surface area contributed by atoms with Crippen LogP contribution in [0.2, 0.25) is 0 Å². The minimum absolute atomic E-state index is 0.287. The van der Waals surface area contributed by atoms with Crippen molar-refractivity contribution in [3.63, 3.8) is 0 Å². The van der Waals surface area contributed by atoms with Crippen LogP contribution in [-0.4, -0.2) is 40.2 Å². The number of phosphoric ester groups is 1. The molecule has 184 valence electrons. The molecule has 0 aromatic heterocycles. The Hall–Kier alpha value is -0.720. The first kappa shape index (κ1) is 30.3. The standard InChI is InChI=1S/C23H45O7P/c1-2-3-4-5-6-7-8-9-10-11-12-13-14-15-16-17-18-19-23(25)29-20-22(24)21-30-31(26,27)28/h9-10,22,24H,2-8,11-21H2,1H3,(H2,26,27,28). The normalized spacial score (nSPS) is 13.0. The van der Waals surface area contributed by atoms with Gasteiger partial charge in [-0.3, -0.25) is 9.32 Å². The molecule has 1 unspecified atom stereocenters. The summed E-state index contributed by atoms with van der Waals surface area (Å²) in [5, 5.41) is 9.43. The highest BCUT2D eigenvalue weighted by Crippen LogP contribution is 2.35. The number of aliphatic hydroxyl groups excluding tert-OH is 1. The third-order valence-corrected chi connectivity index (χ3v) is 5.50. The van der Waals surface area contributed by atoms with Gasteiger partial charge < -0.3 is 19.6 Å². The minimum Gasteiger partial charge on any atom is -0.463 e. The molecule has 0 saturated carbocycles. The van der Waals surface area contributed by atoms with Crippen LogP contribution in [0.1, 0.15) is 110 Å². The Labute approximate surface area is 188 Å². The fourth-order valence-corrected chi connectivity index (χ4v) is 3.55. The lowest BCUT2D eigenvalue weighted by Crippen LogP contribution is -2.23. The van der Waals surface area contributed by atoms with Gasteiger partial charge in [-0.15, -0.1) is 0 Å². The summed E-state index contributed by atoms with van der Waals surface area (Å²) in [7, 11) is -4.62. The second-order valence-electron chi connectivity index (χ2n) is 8.16. The number of carbonyl (C=O) groups is 1. The molecule has 0 spiro atoms. The van der Waals surface area contributed by atoms with E-state index in [0.29, 0.717) is 0 Å². The molecule has 0 aliphatic rings. The first-order valence-electron chi connectivity index (χ1n) is 12.0. The molecular formula is C23H45O7P. The second-order valence-corrected chi connectivity index (χ2v) is 9.40. The number of hydrogen-bond donors (Lipinski definition) is 3. The van der Waals surface area contributed by atoms with Crippen LogP contribution in [0.5, 0.6) is 0 Å². The number of carbonyl (C=O) groups excluding carboxylic acids is 1. The summed E-state index contributed by atoms with van der Waals surface area (Å²) >= 11 is 0. The van der Waals surface area contributed by atoms with Crippen molar-refractivity contribution in [3.05, 3.63) is 12.2 Å². The number of esters is 1. The predicted molar refractivity (Wildman–Crippen MR) is 124 cm³/mol. The number of unbranched alkanes of at least 4 members (excludes halogenated alkanes) is 13. The maximum absolute atomic E-state index is 11.6. The molecule has 1 atom stereocenters. The molecule has 0 aliphatic heterocycles. The molecule has 0 radical (unpaired) electrons. The van der Waals surface area contributed by atoms with Crippen LogP contribution in [0.15, 0.2) is 12.2 Å². The monoisotopic (exact) mass is 464 g/mol. The van der Waals surface area contributed by atoms with Crippen molar-refractivity contribution in [2.75, 3.05) is 13.2 Å². The highest BCUT2D eigenvalue weighted by Gasteiger charge is 2.17. The van der Waals surface area contributed by atoms with E-state index >= 15 is 0 Å². The molecule has 0 aromatic rings. The Kier molecular flexibility index (Phi) is 20.7. The minimum atomic E-state index is -4.62. The molecule has 7 nitrogen and oxygen atoms in total. The van der Waals surface area contributed by atoms with E-state index in [-0.39, 0.29) is 13.0 Å². The Morgan fingerprint density at radius 1 is 0.806 bits per heavy atom. The zero-order valence-electron chi connectivity index (χ0n) is 19.4. The van der Waals surface area contributed by atoms with Crippen molar-refractivity contribution < 1.29 is 33.5 Å². The number of aliphatic hydroxyl groups is 1. The van der Waals surface area contributed by atoms with Gasteiger partial charge in [-0.05, 0) is 32.1 Å². The Morgan fingerprint density at radius 2 is 1.29 bits per heavy atom. The lowest BCUT2D eigenvalue weighted by atomic mass is 10.1. The third-order valence-electron chi connectivity index (χ3n) is 5.01. The molecule has 0 aromatic carbocycles. The van der Waals surface area contributed by atoms with Crippen molar-refractivity contribution in [1.29, 1.82) is 0 Å². The molecule has 8 heteroatoms. The van der Waals surface area contributed by atoms with Gasteiger partial charge in [-0.25, -0.2) is 4.57 Å². The molecule has 3 N–H and O–H groups in total. The predicted octanol–water partition coefficient (Wildman–Crippen LogP) is 5.82. The molecule has 31 heavy (non-hydrogen) atoms. The van der Waals surface area contributed by atoms with E-state index in [1.54, 1.807) is 0 Å². The van der Waals surface area contributed by atoms with Gasteiger partial charge >= 0.3 is 13.8 Å². The quantitative estimate of drug-likeness (QED) is 0.0801. The van der Waals surface area contributed by atoms with Crippen molar-refractivity contribution in [2.45, 2.75) is 116 Å². The van der Waals surface area contributed by atoms with Crippen LogP contribution in [0.25, 0.3) is 0 Å². The Balaban J connectivity index is 3.34. The van der Waals surface area contributed by atoms with E-state index in [1.165, 1.54) is 77.0 Å². The summed E-state index contributed by atoms with van der Waals surface area (Å²) in [6.07, 6.45) is 21.9. The summed E-state index contributed by atoms with van der Waals surface area (Å²) < 4.78 is 19.5. The first-order chi connectivity index (χ1) is 14.8. The number of rotatable bonds is 22. The maximum atomic E-state index is 11.6. The summed E-state index contributed by atoms with van der Waals surface area (Å²) in [5.41, 5.74) is 0. The van der Waals surface area contributed by atoms with E-state index in [9.17, 15) is 14.5 Å². The lowest BCUT2D eigenvalue weighted by Gasteiger charge is -2.12. The molecular weight excluding hydrogens is 419 g/mol. The van der Waals surface area contributed by atoms with Crippen LogP contribution in [0.4, 0.5) is 0 Å². The summed E-state index contributed by atoms with van der Waals surface area (Å²) in [5.74, 6) is -0.414. The van der Waals surface area contributed by atoms with Crippen molar-refractivity contribution in [1.82, 2.24) is 0 Å². The van der Waals surface area contributed by atoms with E-state index < -0.39 is 26.5 Å². The molecule has 0 fully saturated rings. The highest BCUT2D eigenvalue weighted by atomic mass is 31.2. The Bertz CT molecular complexity index is 490. The van der Waals surface area contributed by atoms with E-state index in [0.717, 1.165) is 19.3 Å². The maximum Gasteiger partial charge on any atom is 0.469 e. The second kappa shape index (κ2) is 21.1. The topological polar surface area (TPSA) is 113 Å². The SMILES string of the molecule is CCCCCCCCC=CCCCCCCCCCC(=O)OCC(O)COP(=O)(O)O. The number of hydrogen-bond acceptors (Lipinski definition) is 5. The largest absolute Gasteiger partial charge is 0.469 e. The van der Waals surface area contributed by atoms with Gasteiger partial charge in [-0.1, -0.05) is 83.3 Å². The fraction of sp³-hybridized carbons (Fsp3) is 0.870. The van der Waals surface area contributed by atoms with Gasteiger partial charge in [0.05, 0.1) is 6.61 Å². The van der Waals surface area contributed by atoms with Gasteiger partial charge in [0, 0.05) is 6.42 Å². The van der Waals surface area contributed by atoms with E-state index in [2.05, 4.69) is 23.6 Å². The zero-order chi connectivity index (χ0) is 23.2. The van der Waals surface area contributed by atoms with Crippen molar-refractivity contribution in [2.24, 2.45) is 0 Å².